The van der Waals surface area contributed by atoms with E-state index in [-0.39, 0.29) is 28.0 Å². The number of halogens is 5. The molecule has 0 radical (unpaired) electrons. The molecule has 0 bridgehead atoms. The van der Waals surface area contributed by atoms with Crippen LogP contribution in [0.15, 0.2) is 23.1 Å². The van der Waals surface area contributed by atoms with E-state index in [2.05, 4.69) is 31.9 Å². The Balaban J connectivity index is 3.20. The summed E-state index contributed by atoms with van der Waals surface area (Å²) >= 11 is 5.99. The summed E-state index contributed by atoms with van der Waals surface area (Å²) in [6.45, 7) is 1.59. The average molecular weight is 406 g/mol. The van der Waals surface area contributed by atoms with Crippen molar-refractivity contribution in [3.05, 3.63) is 29.3 Å². The zero-order chi connectivity index (χ0) is 13.9. The molecule has 7 heteroatoms. The van der Waals surface area contributed by atoms with Gasteiger partial charge in [-0.3, -0.25) is 4.79 Å². The number of hydrogen-bond acceptors (Lipinski definition) is 2. The number of rotatable bonds is 4. The SMILES string of the molecule is CC(Br)C(=O)c1ccc(CBr)cc1SC(F)(F)F. The van der Waals surface area contributed by atoms with Gasteiger partial charge in [-0.1, -0.05) is 37.9 Å². The molecule has 1 unspecified atom stereocenters. The van der Waals surface area contributed by atoms with E-state index in [4.69, 9.17) is 0 Å². The predicted molar refractivity (Wildman–Crippen MR) is 73.7 cm³/mol. The molecule has 1 rings (SSSR count). The van der Waals surface area contributed by atoms with Crippen molar-refractivity contribution in [2.45, 2.75) is 27.5 Å². The third kappa shape index (κ3) is 4.59. The van der Waals surface area contributed by atoms with Crippen molar-refractivity contribution in [3.8, 4) is 0 Å². The zero-order valence-electron chi connectivity index (χ0n) is 9.22. The summed E-state index contributed by atoms with van der Waals surface area (Å²) < 4.78 is 37.3. The molecule has 0 aliphatic carbocycles. The molecule has 100 valence electrons. The molecule has 0 fully saturated rings. The molecule has 0 heterocycles. The van der Waals surface area contributed by atoms with Crippen LogP contribution in [0, 0.1) is 0 Å². The van der Waals surface area contributed by atoms with Crippen molar-refractivity contribution < 1.29 is 18.0 Å². The van der Waals surface area contributed by atoms with Gasteiger partial charge in [-0.05, 0) is 36.4 Å². The molecule has 0 saturated carbocycles. The Morgan fingerprint density at radius 3 is 2.50 bits per heavy atom. The first-order chi connectivity index (χ1) is 8.24. The molecular weight excluding hydrogens is 397 g/mol. The van der Waals surface area contributed by atoms with Gasteiger partial charge in [0.15, 0.2) is 5.78 Å². The van der Waals surface area contributed by atoms with Crippen LogP contribution in [-0.2, 0) is 5.33 Å². The molecule has 1 aromatic rings. The number of ketones is 1. The number of Topliss-reactive ketones (excluding diaryl/α,β-unsaturated/α-hetero) is 1. The van der Waals surface area contributed by atoms with Gasteiger partial charge >= 0.3 is 5.51 Å². The lowest BCUT2D eigenvalue weighted by molar-refractivity contribution is -0.0328. The van der Waals surface area contributed by atoms with Crippen molar-refractivity contribution >= 4 is 49.4 Å². The first-order valence-electron chi connectivity index (χ1n) is 4.87. The fraction of sp³-hybridized carbons (Fsp3) is 0.364. The summed E-state index contributed by atoms with van der Waals surface area (Å²) in [7, 11) is 0. The van der Waals surface area contributed by atoms with Crippen molar-refractivity contribution in [2.24, 2.45) is 0 Å². The standard InChI is InChI=1S/C11H9Br2F3OS/c1-6(13)10(17)8-3-2-7(5-12)4-9(8)18-11(14,15)16/h2-4,6H,5H2,1H3. The molecule has 1 atom stereocenters. The second-order valence-corrected chi connectivity index (χ2v) is 6.53. The third-order valence-corrected chi connectivity index (χ3v) is 3.91. The molecule has 0 aliphatic heterocycles. The second kappa shape index (κ2) is 6.43. The molecular formula is C11H9Br2F3OS. The molecule has 0 amide bonds. The number of carbonyl (C=O) groups is 1. The molecule has 0 aliphatic rings. The highest BCUT2D eigenvalue weighted by molar-refractivity contribution is 9.10. The summed E-state index contributed by atoms with van der Waals surface area (Å²) in [6, 6.07) is 4.46. The minimum Gasteiger partial charge on any atom is -0.293 e. The van der Waals surface area contributed by atoms with Crippen LogP contribution in [0.3, 0.4) is 0 Å². The van der Waals surface area contributed by atoms with Crippen LogP contribution in [0.2, 0.25) is 0 Å². The maximum Gasteiger partial charge on any atom is 0.446 e. The van der Waals surface area contributed by atoms with Crippen LogP contribution in [0.25, 0.3) is 0 Å². The quantitative estimate of drug-likeness (QED) is 0.391. The lowest BCUT2D eigenvalue weighted by atomic mass is 10.1. The number of alkyl halides is 5. The van der Waals surface area contributed by atoms with E-state index in [0.717, 1.165) is 0 Å². The number of carbonyl (C=O) groups excluding carboxylic acids is 1. The average Bonchev–Trinajstić information content (AvgIpc) is 2.25. The van der Waals surface area contributed by atoms with E-state index in [1.165, 1.54) is 12.1 Å². The van der Waals surface area contributed by atoms with Gasteiger partial charge in [-0.25, -0.2) is 0 Å². The van der Waals surface area contributed by atoms with Gasteiger partial charge in [0.05, 0.1) is 4.83 Å². The maximum absolute atomic E-state index is 12.4. The summed E-state index contributed by atoms with van der Waals surface area (Å²) in [5.41, 5.74) is -3.62. The molecule has 0 aromatic heterocycles. The van der Waals surface area contributed by atoms with Gasteiger partial charge in [0.2, 0.25) is 0 Å². The molecule has 1 aromatic carbocycles. The van der Waals surface area contributed by atoms with Crippen molar-refractivity contribution in [3.63, 3.8) is 0 Å². The van der Waals surface area contributed by atoms with E-state index in [1.54, 1.807) is 13.0 Å². The monoisotopic (exact) mass is 404 g/mol. The lowest BCUT2D eigenvalue weighted by Gasteiger charge is -2.12. The fourth-order valence-electron chi connectivity index (χ4n) is 1.28. The van der Waals surface area contributed by atoms with Gasteiger partial charge in [0.25, 0.3) is 0 Å². The van der Waals surface area contributed by atoms with Gasteiger partial charge in [0, 0.05) is 15.8 Å². The van der Waals surface area contributed by atoms with Crippen molar-refractivity contribution in [1.82, 2.24) is 0 Å². The van der Waals surface area contributed by atoms with Crippen LogP contribution in [0.1, 0.15) is 22.8 Å². The van der Waals surface area contributed by atoms with Crippen LogP contribution < -0.4 is 0 Å². The third-order valence-electron chi connectivity index (χ3n) is 2.05. The summed E-state index contributed by atoms with van der Waals surface area (Å²) in [5.74, 6) is -0.358. The first kappa shape index (κ1) is 16.0. The Morgan fingerprint density at radius 1 is 1.44 bits per heavy atom. The van der Waals surface area contributed by atoms with E-state index >= 15 is 0 Å². The van der Waals surface area contributed by atoms with E-state index in [0.29, 0.717) is 10.9 Å². The van der Waals surface area contributed by atoms with Gasteiger partial charge in [-0.15, -0.1) is 0 Å². The topological polar surface area (TPSA) is 17.1 Å². The van der Waals surface area contributed by atoms with Gasteiger partial charge in [-0.2, -0.15) is 13.2 Å². The highest BCUT2D eigenvalue weighted by Crippen LogP contribution is 2.39. The van der Waals surface area contributed by atoms with Gasteiger partial charge < -0.3 is 0 Å². The largest absolute Gasteiger partial charge is 0.446 e. The second-order valence-electron chi connectivity index (χ2n) is 3.49. The van der Waals surface area contributed by atoms with Crippen molar-refractivity contribution in [1.29, 1.82) is 0 Å². The van der Waals surface area contributed by atoms with E-state index in [1.807, 2.05) is 0 Å². The predicted octanol–water partition coefficient (Wildman–Crippen LogP) is 5.16. The molecule has 0 saturated heterocycles. The Labute approximate surface area is 124 Å². The zero-order valence-corrected chi connectivity index (χ0v) is 13.2. The lowest BCUT2D eigenvalue weighted by Crippen LogP contribution is -2.12. The Hall–Kier alpha value is -0.0100. The molecule has 0 spiro atoms. The molecule has 18 heavy (non-hydrogen) atoms. The Morgan fingerprint density at radius 2 is 2.06 bits per heavy atom. The van der Waals surface area contributed by atoms with Crippen molar-refractivity contribution in [2.75, 3.05) is 0 Å². The number of benzene rings is 1. The number of thioether (sulfide) groups is 1. The summed E-state index contributed by atoms with van der Waals surface area (Å²) in [6.07, 6.45) is 0. The van der Waals surface area contributed by atoms with Crippen LogP contribution >= 0.6 is 43.6 Å². The van der Waals surface area contributed by atoms with E-state index < -0.39 is 10.3 Å². The number of hydrogen-bond donors (Lipinski definition) is 0. The minimum absolute atomic E-state index is 0.0595. The highest BCUT2D eigenvalue weighted by Gasteiger charge is 2.31. The van der Waals surface area contributed by atoms with Crippen LogP contribution in [0.4, 0.5) is 13.2 Å². The summed E-state index contributed by atoms with van der Waals surface area (Å²) in [5, 5.41) is 0.441. The van der Waals surface area contributed by atoms with Crippen LogP contribution in [0.5, 0.6) is 0 Å². The van der Waals surface area contributed by atoms with Gasteiger partial charge in [0.1, 0.15) is 0 Å². The fourth-order valence-corrected chi connectivity index (χ4v) is 2.61. The van der Waals surface area contributed by atoms with E-state index in [9.17, 15) is 18.0 Å². The molecule has 1 nitrogen and oxygen atoms in total. The molecule has 0 N–H and O–H groups in total. The maximum atomic E-state index is 12.4. The minimum atomic E-state index is -4.41. The normalized spacial score (nSPS) is 13.4. The Bertz CT molecular complexity index is 446. The van der Waals surface area contributed by atoms with Crippen LogP contribution in [-0.4, -0.2) is 16.1 Å². The smallest absolute Gasteiger partial charge is 0.293 e. The highest BCUT2D eigenvalue weighted by atomic mass is 79.9. The summed E-state index contributed by atoms with van der Waals surface area (Å²) in [4.78, 5) is 11.2. The first-order valence-corrected chi connectivity index (χ1v) is 7.73. The Kier molecular flexibility index (Phi) is 5.73.